The van der Waals surface area contributed by atoms with Crippen molar-refractivity contribution in [3.63, 3.8) is 0 Å². The lowest BCUT2D eigenvalue weighted by atomic mass is 10.1. The van der Waals surface area contributed by atoms with Crippen LogP contribution in [0.25, 0.3) is 10.9 Å². The number of morpholine rings is 1. The highest BCUT2D eigenvalue weighted by molar-refractivity contribution is 5.98. The highest BCUT2D eigenvalue weighted by atomic mass is 19.1. The van der Waals surface area contributed by atoms with Crippen LogP contribution < -0.4 is 20.4 Å². The first-order chi connectivity index (χ1) is 17.0. The molecule has 1 amide bonds. The van der Waals surface area contributed by atoms with Gasteiger partial charge in [-0.15, -0.1) is 0 Å². The fourth-order valence-corrected chi connectivity index (χ4v) is 4.92. The molecule has 3 aromatic rings. The quantitative estimate of drug-likeness (QED) is 0.576. The molecule has 0 bridgehead atoms. The summed E-state index contributed by atoms with van der Waals surface area (Å²) in [5.74, 6) is -0.978. The zero-order valence-corrected chi connectivity index (χ0v) is 19.8. The normalized spacial score (nSPS) is 18.2. The van der Waals surface area contributed by atoms with Crippen molar-refractivity contribution in [1.82, 2.24) is 15.3 Å². The van der Waals surface area contributed by atoms with Crippen LogP contribution in [-0.4, -0.2) is 61.8 Å². The smallest absolute Gasteiger partial charge is 0.242 e. The zero-order chi connectivity index (χ0) is 24.5. The van der Waals surface area contributed by atoms with Crippen LogP contribution in [0, 0.1) is 18.6 Å². The molecule has 1 atom stereocenters. The lowest BCUT2D eigenvalue weighted by molar-refractivity contribution is -0.121. The first kappa shape index (κ1) is 23.2. The minimum Gasteiger partial charge on any atom is -0.378 e. The van der Waals surface area contributed by atoms with E-state index in [1.54, 1.807) is 19.4 Å². The van der Waals surface area contributed by atoms with Crippen molar-refractivity contribution < 1.29 is 18.3 Å². The Hall–Kier alpha value is -3.53. The molecule has 10 heteroatoms. The Morgan fingerprint density at radius 2 is 1.94 bits per heavy atom. The summed E-state index contributed by atoms with van der Waals surface area (Å²) < 4.78 is 34.7. The van der Waals surface area contributed by atoms with Gasteiger partial charge in [0.25, 0.3) is 0 Å². The Labute approximate surface area is 202 Å². The number of pyridine rings is 2. The first-order valence-corrected chi connectivity index (χ1v) is 11.8. The van der Waals surface area contributed by atoms with E-state index in [0.717, 1.165) is 31.3 Å². The van der Waals surface area contributed by atoms with Gasteiger partial charge in [-0.25, -0.2) is 13.8 Å². The number of nitrogens with one attached hydrogen (secondary N) is 2. The number of ether oxygens (including phenoxy) is 1. The SMILES string of the molecule is CNC(=O)[C@@H]1CCCN1c1nc2cc(F)cc(F)c2c(Nc2cncc(N3CCOCC3)c2)c1C. The molecular formula is C25H28F2N6O2. The average Bonchev–Trinajstić information content (AvgIpc) is 3.35. The van der Waals surface area contributed by atoms with Crippen LogP contribution in [0.2, 0.25) is 0 Å². The summed E-state index contributed by atoms with van der Waals surface area (Å²) in [4.78, 5) is 25.6. The third-order valence-electron chi connectivity index (χ3n) is 6.66. The van der Waals surface area contributed by atoms with Crippen molar-refractivity contribution in [2.75, 3.05) is 55.0 Å². The molecule has 0 radical (unpaired) electrons. The molecule has 0 unspecified atom stereocenters. The standard InChI is InChI=1S/C25H28F2N6O2/c1-15-23(30-17-12-18(14-29-13-17)32-6-8-35-9-7-32)22-19(27)10-16(26)11-20(22)31-24(15)33-5-3-4-21(33)25(34)28-2/h10-14,21H,3-9H2,1-2H3,(H,28,34)(H,30,31)/t21-/m0/s1. The van der Waals surface area contributed by atoms with Gasteiger partial charge in [-0.3, -0.25) is 9.78 Å². The highest BCUT2D eigenvalue weighted by Gasteiger charge is 2.33. The first-order valence-electron chi connectivity index (χ1n) is 11.8. The van der Waals surface area contributed by atoms with E-state index in [1.165, 1.54) is 6.07 Å². The molecule has 2 aromatic heterocycles. The molecule has 2 N–H and O–H groups in total. The number of hydrogen-bond donors (Lipinski definition) is 2. The van der Waals surface area contributed by atoms with Crippen molar-refractivity contribution in [2.45, 2.75) is 25.8 Å². The summed E-state index contributed by atoms with van der Waals surface area (Å²) in [7, 11) is 1.60. The summed E-state index contributed by atoms with van der Waals surface area (Å²) in [5.41, 5.74) is 2.94. The maximum absolute atomic E-state index is 15.1. The van der Waals surface area contributed by atoms with E-state index in [9.17, 15) is 9.18 Å². The predicted molar refractivity (Wildman–Crippen MR) is 131 cm³/mol. The minimum atomic E-state index is -0.705. The molecule has 0 aliphatic carbocycles. The largest absolute Gasteiger partial charge is 0.378 e. The lowest BCUT2D eigenvalue weighted by Crippen LogP contribution is -2.42. The van der Waals surface area contributed by atoms with Gasteiger partial charge in [0.15, 0.2) is 0 Å². The molecule has 2 aliphatic rings. The molecule has 35 heavy (non-hydrogen) atoms. The van der Waals surface area contributed by atoms with Gasteiger partial charge in [-0.1, -0.05) is 0 Å². The monoisotopic (exact) mass is 482 g/mol. The van der Waals surface area contributed by atoms with Crippen molar-refractivity contribution in [3.8, 4) is 0 Å². The van der Waals surface area contributed by atoms with E-state index in [-0.39, 0.29) is 22.9 Å². The van der Waals surface area contributed by atoms with Gasteiger partial charge in [0.1, 0.15) is 23.5 Å². The molecule has 2 fully saturated rings. The number of fused-ring (bicyclic) bond motifs is 1. The van der Waals surface area contributed by atoms with Crippen LogP contribution in [0.5, 0.6) is 0 Å². The number of halogens is 2. The van der Waals surface area contributed by atoms with E-state index in [2.05, 4.69) is 25.5 Å². The van der Waals surface area contributed by atoms with Gasteiger partial charge in [0.2, 0.25) is 5.91 Å². The Kier molecular flexibility index (Phi) is 6.38. The molecule has 4 heterocycles. The van der Waals surface area contributed by atoms with Gasteiger partial charge in [-0.2, -0.15) is 0 Å². The molecule has 2 saturated heterocycles. The number of amides is 1. The number of hydrogen-bond acceptors (Lipinski definition) is 7. The van der Waals surface area contributed by atoms with Crippen LogP contribution in [-0.2, 0) is 9.53 Å². The van der Waals surface area contributed by atoms with Gasteiger partial charge >= 0.3 is 0 Å². The third-order valence-corrected chi connectivity index (χ3v) is 6.66. The van der Waals surface area contributed by atoms with Crippen LogP contribution >= 0.6 is 0 Å². The highest BCUT2D eigenvalue weighted by Crippen LogP contribution is 2.39. The zero-order valence-electron chi connectivity index (χ0n) is 19.8. The Morgan fingerprint density at radius 3 is 2.71 bits per heavy atom. The summed E-state index contributed by atoms with van der Waals surface area (Å²) in [6.45, 7) is 5.28. The number of aromatic nitrogens is 2. The molecule has 1 aromatic carbocycles. The van der Waals surface area contributed by atoms with Crippen molar-refractivity contribution in [2.24, 2.45) is 0 Å². The number of carbonyl (C=O) groups is 1. The number of nitrogens with zero attached hydrogens (tertiary/aromatic N) is 4. The summed E-state index contributed by atoms with van der Waals surface area (Å²) >= 11 is 0. The Balaban J connectivity index is 1.60. The molecule has 5 rings (SSSR count). The van der Waals surface area contributed by atoms with Crippen LogP contribution in [0.4, 0.5) is 31.7 Å². The van der Waals surface area contributed by atoms with Gasteiger partial charge in [-0.05, 0) is 25.8 Å². The predicted octanol–water partition coefficient (Wildman–Crippen LogP) is 3.51. The Bertz CT molecular complexity index is 1260. The fraction of sp³-hybridized carbons (Fsp3) is 0.400. The van der Waals surface area contributed by atoms with E-state index in [4.69, 9.17) is 4.74 Å². The fourth-order valence-electron chi connectivity index (χ4n) is 4.92. The van der Waals surface area contributed by atoms with Crippen molar-refractivity contribution in [3.05, 3.63) is 47.8 Å². The molecule has 0 spiro atoms. The lowest BCUT2D eigenvalue weighted by Gasteiger charge is -2.29. The second-order valence-electron chi connectivity index (χ2n) is 8.84. The van der Waals surface area contributed by atoms with Crippen molar-refractivity contribution in [1.29, 1.82) is 0 Å². The average molecular weight is 483 g/mol. The van der Waals surface area contributed by atoms with Crippen LogP contribution in [0.1, 0.15) is 18.4 Å². The van der Waals surface area contributed by atoms with Crippen LogP contribution in [0.3, 0.4) is 0 Å². The number of rotatable bonds is 5. The topological polar surface area (TPSA) is 82.6 Å². The molecule has 2 aliphatic heterocycles. The van der Waals surface area contributed by atoms with E-state index in [1.807, 2.05) is 17.9 Å². The number of likely N-dealkylation sites (N-methyl/N-ethyl adjacent to an activating group) is 1. The summed E-state index contributed by atoms with van der Waals surface area (Å²) in [6.07, 6.45) is 4.96. The summed E-state index contributed by atoms with van der Waals surface area (Å²) in [6, 6.07) is 3.65. The number of benzene rings is 1. The molecular weight excluding hydrogens is 454 g/mol. The van der Waals surface area contributed by atoms with Crippen LogP contribution in [0.15, 0.2) is 30.6 Å². The van der Waals surface area contributed by atoms with Crippen molar-refractivity contribution >= 4 is 39.7 Å². The Morgan fingerprint density at radius 1 is 1.14 bits per heavy atom. The molecule has 0 saturated carbocycles. The van der Waals surface area contributed by atoms with Gasteiger partial charge < -0.3 is 25.2 Å². The van der Waals surface area contributed by atoms with E-state index < -0.39 is 11.6 Å². The van der Waals surface area contributed by atoms with E-state index >= 15 is 4.39 Å². The summed E-state index contributed by atoms with van der Waals surface area (Å²) in [5, 5.41) is 6.23. The number of carbonyl (C=O) groups excluding carboxylic acids is 1. The minimum absolute atomic E-state index is 0.105. The third kappa shape index (κ3) is 4.45. The number of anilines is 4. The van der Waals surface area contributed by atoms with Gasteiger partial charge in [0, 0.05) is 44.4 Å². The maximum Gasteiger partial charge on any atom is 0.242 e. The maximum atomic E-state index is 15.1. The molecule has 184 valence electrons. The second-order valence-corrected chi connectivity index (χ2v) is 8.84. The second kappa shape index (κ2) is 9.61. The van der Waals surface area contributed by atoms with E-state index in [0.29, 0.717) is 48.9 Å². The molecule has 8 nitrogen and oxygen atoms in total. The van der Waals surface area contributed by atoms with Gasteiger partial charge in [0.05, 0.1) is 53.6 Å².